The standard InChI is InChI=1S/C21H21NO4/c1-3-25-19-10-12-20(13-11-19)26-15-21(24)22-14-4-5-17-6-8-18(9-7-17)16(2)23/h6-13H,3,14-15H2,1-2H3,(H,22,24). The van der Waals surface area contributed by atoms with Crippen LogP contribution in [0.25, 0.3) is 0 Å². The zero-order valence-corrected chi connectivity index (χ0v) is 14.9. The second kappa shape index (κ2) is 9.90. The van der Waals surface area contributed by atoms with Gasteiger partial charge in [-0.25, -0.2) is 0 Å². The highest BCUT2D eigenvalue weighted by Gasteiger charge is 2.02. The maximum atomic E-state index is 11.8. The molecule has 0 aliphatic heterocycles. The van der Waals surface area contributed by atoms with Crippen LogP contribution in [0.4, 0.5) is 0 Å². The van der Waals surface area contributed by atoms with Gasteiger partial charge in [-0.05, 0) is 50.2 Å². The largest absolute Gasteiger partial charge is 0.494 e. The lowest BCUT2D eigenvalue weighted by Crippen LogP contribution is -2.29. The highest BCUT2D eigenvalue weighted by atomic mass is 16.5. The number of benzene rings is 2. The molecule has 1 amide bonds. The van der Waals surface area contributed by atoms with E-state index in [9.17, 15) is 9.59 Å². The van der Waals surface area contributed by atoms with E-state index in [1.807, 2.05) is 6.92 Å². The van der Waals surface area contributed by atoms with Crippen LogP contribution in [0.3, 0.4) is 0 Å². The van der Waals surface area contributed by atoms with Crippen LogP contribution >= 0.6 is 0 Å². The average molecular weight is 351 g/mol. The van der Waals surface area contributed by atoms with E-state index in [1.165, 1.54) is 6.92 Å². The van der Waals surface area contributed by atoms with Gasteiger partial charge < -0.3 is 14.8 Å². The van der Waals surface area contributed by atoms with Crippen LogP contribution in [0.15, 0.2) is 48.5 Å². The number of ketones is 1. The summed E-state index contributed by atoms with van der Waals surface area (Å²) in [7, 11) is 0. The molecule has 5 nitrogen and oxygen atoms in total. The molecule has 0 spiro atoms. The summed E-state index contributed by atoms with van der Waals surface area (Å²) in [5.41, 5.74) is 1.44. The average Bonchev–Trinajstić information content (AvgIpc) is 2.65. The van der Waals surface area contributed by atoms with Gasteiger partial charge in [-0.3, -0.25) is 9.59 Å². The predicted molar refractivity (Wildman–Crippen MR) is 99.4 cm³/mol. The highest BCUT2D eigenvalue weighted by molar-refractivity contribution is 5.94. The molecule has 0 aromatic heterocycles. The van der Waals surface area contributed by atoms with Gasteiger partial charge in [0.15, 0.2) is 12.4 Å². The fraction of sp³-hybridized carbons (Fsp3) is 0.238. The molecule has 1 N–H and O–H groups in total. The third-order valence-corrected chi connectivity index (χ3v) is 3.40. The molecule has 26 heavy (non-hydrogen) atoms. The van der Waals surface area contributed by atoms with Gasteiger partial charge >= 0.3 is 0 Å². The molecule has 0 unspecified atom stereocenters. The van der Waals surface area contributed by atoms with Crippen molar-refractivity contribution >= 4 is 11.7 Å². The number of carbonyl (C=O) groups is 2. The molecule has 2 aromatic carbocycles. The van der Waals surface area contributed by atoms with E-state index in [-0.39, 0.29) is 24.8 Å². The lowest BCUT2D eigenvalue weighted by molar-refractivity contribution is -0.122. The van der Waals surface area contributed by atoms with E-state index < -0.39 is 0 Å². The van der Waals surface area contributed by atoms with Crippen molar-refractivity contribution < 1.29 is 19.1 Å². The van der Waals surface area contributed by atoms with Gasteiger partial charge in [0, 0.05) is 11.1 Å². The quantitative estimate of drug-likeness (QED) is 0.615. The zero-order chi connectivity index (χ0) is 18.8. The first-order chi connectivity index (χ1) is 12.6. The molecular formula is C21H21NO4. The van der Waals surface area contributed by atoms with Gasteiger partial charge in [-0.1, -0.05) is 24.0 Å². The van der Waals surface area contributed by atoms with Crippen molar-refractivity contribution in [1.29, 1.82) is 0 Å². The lowest BCUT2D eigenvalue weighted by Gasteiger charge is -2.07. The van der Waals surface area contributed by atoms with E-state index in [1.54, 1.807) is 48.5 Å². The van der Waals surface area contributed by atoms with Gasteiger partial charge in [-0.15, -0.1) is 0 Å². The topological polar surface area (TPSA) is 64.6 Å². The molecule has 134 valence electrons. The molecule has 0 bridgehead atoms. The first-order valence-corrected chi connectivity index (χ1v) is 8.30. The molecule has 0 aliphatic rings. The van der Waals surface area contributed by atoms with Gasteiger partial charge in [0.05, 0.1) is 13.2 Å². The number of amides is 1. The summed E-state index contributed by atoms with van der Waals surface area (Å²) in [6.45, 7) is 4.18. The minimum absolute atomic E-state index is 0.0179. The molecule has 2 rings (SSSR count). The molecule has 0 atom stereocenters. The van der Waals surface area contributed by atoms with E-state index in [4.69, 9.17) is 9.47 Å². The van der Waals surface area contributed by atoms with Crippen molar-refractivity contribution in [3.63, 3.8) is 0 Å². The number of rotatable bonds is 7. The lowest BCUT2D eigenvalue weighted by atomic mass is 10.1. The Bertz CT molecular complexity index is 799. The molecule has 0 aliphatic carbocycles. The van der Waals surface area contributed by atoms with Gasteiger partial charge in [0.25, 0.3) is 5.91 Å². The number of carbonyl (C=O) groups excluding carboxylic acids is 2. The molecule has 0 saturated carbocycles. The highest BCUT2D eigenvalue weighted by Crippen LogP contribution is 2.17. The second-order valence-electron chi connectivity index (χ2n) is 5.41. The number of hydrogen-bond acceptors (Lipinski definition) is 4. The Morgan fingerprint density at radius 1 is 0.962 bits per heavy atom. The SMILES string of the molecule is CCOc1ccc(OCC(=O)NCC#Cc2ccc(C(C)=O)cc2)cc1. The maximum absolute atomic E-state index is 11.8. The van der Waals surface area contributed by atoms with E-state index in [2.05, 4.69) is 17.2 Å². The van der Waals surface area contributed by atoms with E-state index >= 15 is 0 Å². The number of ether oxygens (including phenoxy) is 2. The normalized spacial score (nSPS) is 9.62. The van der Waals surface area contributed by atoms with Crippen LogP contribution in [0.2, 0.25) is 0 Å². The molecule has 0 heterocycles. The minimum Gasteiger partial charge on any atom is -0.494 e. The van der Waals surface area contributed by atoms with Crippen LogP contribution in [-0.4, -0.2) is 31.4 Å². The molecule has 2 aromatic rings. The number of hydrogen-bond donors (Lipinski definition) is 1. The summed E-state index contributed by atoms with van der Waals surface area (Å²) in [4.78, 5) is 23.0. The smallest absolute Gasteiger partial charge is 0.258 e. The first-order valence-electron chi connectivity index (χ1n) is 8.30. The van der Waals surface area contributed by atoms with Crippen molar-refractivity contribution in [2.24, 2.45) is 0 Å². The summed E-state index contributed by atoms with van der Waals surface area (Å²) >= 11 is 0. The molecular weight excluding hydrogens is 330 g/mol. The summed E-state index contributed by atoms with van der Waals surface area (Å²) in [6, 6.07) is 14.1. The summed E-state index contributed by atoms with van der Waals surface area (Å²) in [5.74, 6) is 6.91. The van der Waals surface area contributed by atoms with Crippen LogP contribution in [0, 0.1) is 11.8 Å². The molecule has 0 fully saturated rings. The Kier molecular flexibility index (Phi) is 7.26. The van der Waals surface area contributed by atoms with Crippen LogP contribution < -0.4 is 14.8 Å². The van der Waals surface area contributed by atoms with Crippen molar-refractivity contribution in [3.05, 3.63) is 59.7 Å². The summed E-state index contributed by atoms with van der Waals surface area (Å²) in [6.07, 6.45) is 0. The minimum atomic E-state index is -0.250. The van der Waals surface area contributed by atoms with Gasteiger partial charge in [-0.2, -0.15) is 0 Å². The van der Waals surface area contributed by atoms with Crippen molar-refractivity contribution in [2.45, 2.75) is 13.8 Å². The third-order valence-electron chi connectivity index (χ3n) is 3.40. The van der Waals surface area contributed by atoms with Gasteiger partial charge in [0.1, 0.15) is 11.5 Å². The number of nitrogens with one attached hydrogen (secondary N) is 1. The number of Topliss-reactive ketones (excluding diaryl/α,β-unsaturated/α-hetero) is 1. The fourth-order valence-electron chi connectivity index (χ4n) is 2.08. The second-order valence-corrected chi connectivity index (χ2v) is 5.41. The van der Waals surface area contributed by atoms with Crippen LogP contribution in [-0.2, 0) is 4.79 Å². The zero-order valence-electron chi connectivity index (χ0n) is 14.9. The van der Waals surface area contributed by atoms with Crippen molar-refractivity contribution in [3.8, 4) is 23.3 Å². The summed E-state index contributed by atoms with van der Waals surface area (Å²) < 4.78 is 10.7. The van der Waals surface area contributed by atoms with Crippen molar-refractivity contribution in [1.82, 2.24) is 5.32 Å². The Morgan fingerprint density at radius 2 is 1.58 bits per heavy atom. The fourth-order valence-corrected chi connectivity index (χ4v) is 2.08. The summed E-state index contributed by atoms with van der Waals surface area (Å²) in [5, 5.41) is 2.67. The molecule has 5 heteroatoms. The van der Waals surface area contributed by atoms with Gasteiger partial charge in [0.2, 0.25) is 0 Å². The van der Waals surface area contributed by atoms with E-state index in [0.29, 0.717) is 17.9 Å². The molecule has 0 radical (unpaired) electrons. The Morgan fingerprint density at radius 3 is 2.15 bits per heavy atom. The monoisotopic (exact) mass is 351 g/mol. The van der Waals surface area contributed by atoms with Crippen molar-refractivity contribution in [2.75, 3.05) is 19.8 Å². The maximum Gasteiger partial charge on any atom is 0.258 e. The van der Waals surface area contributed by atoms with E-state index in [0.717, 1.165) is 11.3 Å². The van der Waals surface area contributed by atoms with Crippen LogP contribution in [0.1, 0.15) is 29.8 Å². The van der Waals surface area contributed by atoms with Crippen LogP contribution in [0.5, 0.6) is 11.5 Å². The molecule has 0 saturated heterocycles. The predicted octanol–water partition coefficient (Wildman–Crippen LogP) is 2.83. The first kappa shape index (κ1) is 19.1. The Balaban J connectivity index is 1.72. The third kappa shape index (κ3) is 6.33. The Labute approximate surface area is 153 Å². The Hall–Kier alpha value is -3.26.